The van der Waals surface area contributed by atoms with E-state index in [0.29, 0.717) is 19.8 Å². The van der Waals surface area contributed by atoms with Crippen molar-refractivity contribution >= 4 is 12.0 Å². The first kappa shape index (κ1) is 22.0. The molecule has 1 aliphatic heterocycles. The van der Waals surface area contributed by atoms with Crippen LogP contribution in [0.3, 0.4) is 0 Å². The van der Waals surface area contributed by atoms with Gasteiger partial charge >= 0.3 is 6.09 Å². The van der Waals surface area contributed by atoms with Gasteiger partial charge in [0, 0.05) is 38.1 Å². The second kappa shape index (κ2) is 9.78. The predicted molar refractivity (Wildman–Crippen MR) is 107 cm³/mol. The van der Waals surface area contributed by atoms with E-state index in [2.05, 4.69) is 22.8 Å². The van der Waals surface area contributed by atoms with E-state index in [1.54, 1.807) is 27.9 Å². The number of ether oxygens (including phenoxy) is 3. The number of carbonyl (C=O) groups is 2. The summed E-state index contributed by atoms with van der Waals surface area (Å²) in [5, 5.41) is 5.63. The summed E-state index contributed by atoms with van der Waals surface area (Å²) >= 11 is 0. The smallest absolute Gasteiger partial charge is 0.407 e. The van der Waals surface area contributed by atoms with Gasteiger partial charge < -0.3 is 24.8 Å². The number of alkyl carbamates (subject to hydrolysis) is 1. The van der Waals surface area contributed by atoms with Gasteiger partial charge in [-0.15, -0.1) is 0 Å². The summed E-state index contributed by atoms with van der Waals surface area (Å²) in [5.74, 6) is 0.707. The molecule has 1 saturated heterocycles. The van der Waals surface area contributed by atoms with Crippen LogP contribution in [0.5, 0.6) is 5.75 Å². The third kappa shape index (κ3) is 6.71. The first-order valence-electron chi connectivity index (χ1n) is 9.70. The molecule has 2 N–H and O–H groups in total. The first-order valence-corrected chi connectivity index (χ1v) is 9.70. The molecule has 0 aliphatic carbocycles. The number of rotatable bonds is 7. The highest BCUT2D eigenvalue weighted by molar-refractivity contribution is 5.77. The summed E-state index contributed by atoms with van der Waals surface area (Å²) in [6.45, 7) is 7.50. The number of hydrogen-bond donors (Lipinski definition) is 2. The summed E-state index contributed by atoms with van der Waals surface area (Å²) < 4.78 is 15.9. The summed E-state index contributed by atoms with van der Waals surface area (Å²) in [6, 6.07) is 8.00. The molecule has 28 heavy (non-hydrogen) atoms. The van der Waals surface area contributed by atoms with Crippen LogP contribution in [0.15, 0.2) is 24.3 Å². The van der Waals surface area contributed by atoms with Gasteiger partial charge in [-0.3, -0.25) is 4.79 Å². The van der Waals surface area contributed by atoms with Crippen LogP contribution in [0.2, 0.25) is 0 Å². The second-order valence-corrected chi connectivity index (χ2v) is 8.08. The molecule has 0 saturated carbocycles. The molecule has 156 valence electrons. The molecule has 1 aromatic rings. The highest BCUT2D eigenvalue weighted by Gasteiger charge is 2.34. The van der Waals surface area contributed by atoms with E-state index in [0.717, 1.165) is 18.6 Å². The van der Waals surface area contributed by atoms with Crippen molar-refractivity contribution in [1.29, 1.82) is 0 Å². The van der Waals surface area contributed by atoms with E-state index in [9.17, 15) is 9.59 Å². The van der Waals surface area contributed by atoms with Crippen LogP contribution < -0.4 is 15.4 Å². The molecule has 0 bridgehead atoms. The van der Waals surface area contributed by atoms with Crippen molar-refractivity contribution in [2.24, 2.45) is 0 Å². The van der Waals surface area contributed by atoms with Gasteiger partial charge in [0.2, 0.25) is 5.91 Å². The van der Waals surface area contributed by atoms with Gasteiger partial charge in [-0.05, 0) is 51.3 Å². The fourth-order valence-electron chi connectivity index (χ4n) is 3.22. The summed E-state index contributed by atoms with van der Waals surface area (Å²) in [7, 11) is 1.64. The van der Waals surface area contributed by atoms with Crippen LogP contribution in [0.4, 0.5) is 4.79 Å². The lowest BCUT2D eigenvalue weighted by Gasteiger charge is -2.38. The number of nitrogens with one attached hydrogen (secondary N) is 2. The van der Waals surface area contributed by atoms with Gasteiger partial charge in [0.05, 0.1) is 7.11 Å². The van der Waals surface area contributed by atoms with E-state index < -0.39 is 11.7 Å². The molecule has 2 rings (SSSR count). The minimum absolute atomic E-state index is 0.101. The molecule has 0 radical (unpaired) electrons. The SMILES string of the molecule is COc1ccc(C2(CNC(=O)CCNC(=O)OC(C)(C)C)CCOCC2)cc1. The second-order valence-electron chi connectivity index (χ2n) is 8.08. The summed E-state index contributed by atoms with van der Waals surface area (Å²) in [6.07, 6.45) is 1.37. The minimum atomic E-state index is -0.555. The van der Waals surface area contributed by atoms with Gasteiger partial charge in [0.25, 0.3) is 0 Å². The largest absolute Gasteiger partial charge is 0.497 e. The van der Waals surface area contributed by atoms with E-state index in [1.165, 1.54) is 5.56 Å². The zero-order chi connectivity index (χ0) is 20.6. The molecule has 1 aliphatic rings. The maximum absolute atomic E-state index is 12.3. The highest BCUT2D eigenvalue weighted by Crippen LogP contribution is 2.35. The summed E-state index contributed by atoms with van der Waals surface area (Å²) in [5.41, 5.74) is 0.461. The van der Waals surface area contributed by atoms with Gasteiger partial charge in [-0.25, -0.2) is 4.79 Å². The molecule has 7 heteroatoms. The molecular formula is C21H32N2O5. The Morgan fingerprint density at radius 1 is 1.11 bits per heavy atom. The fourth-order valence-corrected chi connectivity index (χ4v) is 3.22. The maximum atomic E-state index is 12.3. The van der Waals surface area contributed by atoms with Crippen molar-refractivity contribution in [3.63, 3.8) is 0 Å². The van der Waals surface area contributed by atoms with E-state index >= 15 is 0 Å². The number of carbonyl (C=O) groups excluding carboxylic acids is 2. The predicted octanol–water partition coefficient (Wildman–Crippen LogP) is 2.77. The topological polar surface area (TPSA) is 85.9 Å². The van der Waals surface area contributed by atoms with E-state index in [1.807, 2.05) is 12.1 Å². The van der Waals surface area contributed by atoms with Gasteiger partial charge in [-0.2, -0.15) is 0 Å². The molecule has 0 aromatic heterocycles. The minimum Gasteiger partial charge on any atom is -0.497 e. The van der Waals surface area contributed by atoms with E-state index in [4.69, 9.17) is 14.2 Å². The van der Waals surface area contributed by atoms with Gasteiger partial charge in [0.15, 0.2) is 0 Å². The lowest BCUT2D eigenvalue weighted by Crippen LogP contribution is -2.45. The van der Waals surface area contributed by atoms with Crippen molar-refractivity contribution in [3.8, 4) is 5.75 Å². The van der Waals surface area contributed by atoms with Gasteiger partial charge in [-0.1, -0.05) is 12.1 Å². The van der Waals surface area contributed by atoms with Crippen molar-refractivity contribution in [3.05, 3.63) is 29.8 Å². The van der Waals surface area contributed by atoms with Crippen LogP contribution in [-0.2, 0) is 19.7 Å². The third-order valence-electron chi connectivity index (χ3n) is 4.80. The zero-order valence-corrected chi connectivity index (χ0v) is 17.3. The van der Waals surface area contributed by atoms with Crippen molar-refractivity contribution in [2.45, 2.75) is 51.0 Å². The Labute approximate surface area is 167 Å². The normalized spacial score (nSPS) is 16.1. The molecule has 2 amide bonds. The van der Waals surface area contributed by atoms with Crippen LogP contribution in [0.1, 0.15) is 45.6 Å². The molecular weight excluding hydrogens is 360 g/mol. The van der Waals surface area contributed by atoms with Crippen LogP contribution in [0.25, 0.3) is 0 Å². The van der Waals surface area contributed by atoms with Crippen LogP contribution in [-0.4, -0.2) is 51.0 Å². The molecule has 1 aromatic carbocycles. The number of hydrogen-bond acceptors (Lipinski definition) is 5. The standard InChI is InChI=1S/C21H32N2O5/c1-20(2,3)28-19(25)22-12-9-18(24)23-15-21(10-13-27-14-11-21)16-5-7-17(26-4)8-6-16/h5-8H,9-15H2,1-4H3,(H,22,25)(H,23,24). The number of methoxy groups -OCH3 is 1. The highest BCUT2D eigenvalue weighted by atomic mass is 16.6. The monoisotopic (exact) mass is 392 g/mol. The molecule has 1 fully saturated rings. The Bertz CT molecular complexity index is 646. The fraction of sp³-hybridized carbons (Fsp3) is 0.619. The van der Waals surface area contributed by atoms with Crippen molar-refractivity contribution in [2.75, 3.05) is 33.4 Å². The molecule has 7 nitrogen and oxygen atoms in total. The molecule has 0 spiro atoms. The Morgan fingerprint density at radius 2 is 1.75 bits per heavy atom. The van der Waals surface area contributed by atoms with Gasteiger partial charge in [0.1, 0.15) is 11.4 Å². The number of benzene rings is 1. The van der Waals surface area contributed by atoms with Crippen LogP contribution >= 0.6 is 0 Å². The average molecular weight is 392 g/mol. The molecule has 1 heterocycles. The Kier molecular flexibility index (Phi) is 7.69. The van der Waals surface area contributed by atoms with E-state index in [-0.39, 0.29) is 24.3 Å². The average Bonchev–Trinajstić information content (AvgIpc) is 2.66. The van der Waals surface area contributed by atoms with Crippen LogP contribution in [0, 0.1) is 0 Å². The van der Waals surface area contributed by atoms with Crippen molar-refractivity contribution < 1.29 is 23.8 Å². The Balaban J connectivity index is 1.87. The molecule has 0 unspecified atom stereocenters. The quantitative estimate of drug-likeness (QED) is 0.745. The Hall–Kier alpha value is -2.28. The number of amides is 2. The molecule has 0 atom stereocenters. The zero-order valence-electron chi connectivity index (χ0n) is 17.3. The first-order chi connectivity index (χ1) is 13.2. The third-order valence-corrected chi connectivity index (χ3v) is 4.80. The maximum Gasteiger partial charge on any atom is 0.407 e. The van der Waals surface area contributed by atoms with Crippen molar-refractivity contribution in [1.82, 2.24) is 10.6 Å². The summed E-state index contributed by atoms with van der Waals surface area (Å²) in [4.78, 5) is 23.9. The lowest BCUT2D eigenvalue weighted by atomic mass is 9.74. The Morgan fingerprint density at radius 3 is 2.32 bits per heavy atom. The lowest BCUT2D eigenvalue weighted by molar-refractivity contribution is -0.121.